The summed E-state index contributed by atoms with van der Waals surface area (Å²) in [4.78, 5) is 17.6. The van der Waals surface area contributed by atoms with Crippen LogP contribution >= 0.6 is 22.6 Å². The van der Waals surface area contributed by atoms with Gasteiger partial charge in [0, 0.05) is 9.13 Å². The van der Waals surface area contributed by atoms with E-state index in [1.54, 1.807) is 13.2 Å². The molecule has 0 atom stereocenters. The van der Waals surface area contributed by atoms with Crippen LogP contribution in [0.2, 0.25) is 0 Å². The van der Waals surface area contributed by atoms with Crippen molar-refractivity contribution in [3.05, 3.63) is 68.3 Å². The molecule has 1 aliphatic rings. The molecule has 0 heterocycles. The summed E-state index contributed by atoms with van der Waals surface area (Å²) in [6.07, 6.45) is 3.89. The third-order valence-corrected chi connectivity index (χ3v) is 4.96. The highest BCUT2D eigenvalue weighted by molar-refractivity contribution is 14.1. The smallest absolute Gasteiger partial charge is 0.363 e. The largest absolute Gasteiger partial charge is 0.496 e. The predicted molar refractivity (Wildman–Crippen MR) is 102 cm³/mol. The third-order valence-electron chi connectivity index (χ3n) is 4.02. The van der Waals surface area contributed by atoms with Gasteiger partial charge in [-0.2, -0.15) is 0 Å². The Kier molecular flexibility index (Phi) is 5.08. The Morgan fingerprint density at radius 1 is 1.25 bits per heavy atom. The number of ether oxygens (including phenoxy) is 1. The van der Waals surface area contributed by atoms with Gasteiger partial charge < -0.3 is 9.57 Å². The Morgan fingerprint density at radius 3 is 2.79 bits per heavy atom. The van der Waals surface area contributed by atoms with E-state index in [0.29, 0.717) is 5.56 Å². The van der Waals surface area contributed by atoms with E-state index in [4.69, 9.17) is 9.57 Å². The zero-order valence-corrected chi connectivity index (χ0v) is 15.7. The van der Waals surface area contributed by atoms with Crippen LogP contribution in [0.5, 0.6) is 5.75 Å². The van der Waals surface area contributed by atoms with Crippen LogP contribution in [0.4, 0.5) is 0 Å². The number of hydrogen-bond acceptors (Lipinski definition) is 4. The number of fused-ring (bicyclic) bond motifs is 1. The predicted octanol–water partition coefficient (Wildman–Crippen LogP) is 4.26. The monoisotopic (exact) mass is 435 g/mol. The standard InChI is InChI=1S/C19H18INO3/c1-12-10-15-13(11-18(12)23-2)6-5-9-17(15)21-24-19(22)14-7-3-4-8-16(14)20/h3-4,7-11,21H,5-6H2,1-2H3. The molecule has 0 aliphatic heterocycles. The molecule has 0 aromatic heterocycles. The van der Waals surface area contributed by atoms with Gasteiger partial charge in [0.2, 0.25) is 0 Å². The van der Waals surface area contributed by atoms with Crippen LogP contribution in [-0.2, 0) is 11.3 Å². The normalized spacial score (nSPS) is 12.9. The van der Waals surface area contributed by atoms with Gasteiger partial charge in [-0.1, -0.05) is 18.2 Å². The fraction of sp³-hybridized carbons (Fsp3) is 0.211. The molecule has 0 fully saturated rings. The molecule has 3 rings (SSSR count). The quantitative estimate of drug-likeness (QED) is 0.576. The van der Waals surface area contributed by atoms with Crippen LogP contribution in [0, 0.1) is 10.5 Å². The summed E-state index contributed by atoms with van der Waals surface area (Å²) in [5, 5.41) is 0. The second-order valence-corrected chi connectivity index (χ2v) is 6.77. The maximum atomic E-state index is 12.3. The van der Waals surface area contributed by atoms with E-state index in [0.717, 1.165) is 39.0 Å². The zero-order chi connectivity index (χ0) is 17.1. The highest BCUT2D eigenvalue weighted by atomic mass is 127. The molecule has 2 aromatic carbocycles. The number of allylic oxidation sites excluding steroid dienone is 1. The SMILES string of the molecule is COc1cc2c(cc1C)C(NOC(=O)c1ccccc1I)=CCC2. The van der Waals surface area contributed by atoms with Gasteiger partial charge in [0.25, 0.3) is 0 Å². The van der Waals surface area contributed by atoms with Crippen molar-refractivity contribution in [3.63, 3.8) is 0 Å². The van der Waals surface area contributed by atoms with Crippen LogP contribution in [-0.4, -0.2) is 13.1 Å². The van der Waals surface area contributed by atoms with Crippen LogP contribution in [0.3, 0.4) is 0 Å². The van der Waals surface area contributed by atoms with Gasteiger partial charge in [0.1, 0.15) is 5.75 Å². The first kappa shape index (κ1) is 16.8. The molecule has 0 saturated heterocycles. The van der Waals surface area contributed by atoms with Crippen molar-refractivity contribution in [1.29, 1.82) is 0 Å². The van der Waals surface area contributed by atoms with Crippen LogP contribution in [0.1, 0.15) is 33.5 Å². The summed E-state index contributed by atoms with van der Waals surface area (Å²) in [7, 11) is 1.68. The van der Waals surface area contributed by atoms with E-state index in [1.807, 2.05) is 25.1 Å². The first-order valence-electron chi connectivity index (χ1n) is 7.70. The molecule has 0 bridgehead atoms. The molecule has 0 amide bonds. The Balaban J connectivity index is 1.78. The fourth-order valence-electron chi connectivity index (χ4n) is 2.77. The first-order chi connectivity index (χ1) is 11.6. The Labute approximate surface area is 155 Å². The zero-order valence-electron chi connectivity index (χ0n) is 13.6. The van der Waals surface area contributed by atoms with E-state index in [1.165, 1.54) is 5.56 Å². The van der Waals surface area contributed by atoms with Crippen molar-refractivity contribution >= 4 is 34.3 Å². The highest BCUT2D eigenvalue weighted by Crippen LogP contribution is 2.31. The lowest BCUT2D eigenvalue weighted by molar-refractivity contribution is 0.0367. The maximum Gasteiger partial charge on any atom is 0.363 e. The second kappa shape index (κ2) is 7.25. The summed E-state index contributed by atoms with van der Waals surface area (Å²) >= 11 is 2.12. The number of methoxy groups -OCH3 is 1. The second-order valence-electron chi connectivity index (χ2n) is 5.61. The lowest BCUT2D eigenvalue weighted by Gasteiger charge is -2.20. The van der Waals surface area contributed by atoms with Gasteiger partial charge >= 0.3 is 5.97 Å². The Bertz CT molecular complexity index is 814. The van der Waals surface area contributed by atoms with Crippen molar-refractivity contribution in [1.82, 2.24) is 5.48 Å². The first-order valence-corrected chi connectivity index (χ1v) is 8.78. The minimum atomic E-state index is -0.391. The Hall–Kier alpha value is -2.02. The van der Waals surface area contributed by atoms with Crippen molar-refractivity contribution in [3.8, 4) is 5.75 Å². The highest BCUT2D eigenvalue weighted by Gasteiger charge is 2.17. The molecule has 0 spiro atoms. The molecule has 1 N–H and O–H groups in total. The molecular weight excluding hydrogens is 417 g/mol. The molecule has 0 unspecified atom stereocenters. The lowest BCUT2D eigenvalue weighted by Crippen LogP contribution is -2.21. The van der Waals surface area contributed by atoms with Crippen LogP contribution in [0.15, 0.2) is 42.5 Å². The van der Waals surface area contributed by atoms with Gasteiger partial charge in [-0.3, -0.25) is 0 Å². The summed E-state index contributed by atoms with van der Waals surface area (Å²) in [5.41, 5.74) is 7.49. The van der Waals surface area contributed by atoms with Crippen molar-refractivity contribution in [2.24, 2.45) is 0 Å². The molecule has 124 valence electrons. The average Bonchev–Trinajstić information content (AvgIpc) is 2.59. The van der Waals surface area contributed by atoms with Gasteiger partial charge in [-0.15, -0.1) is 0 Å². The number of aryl methyl sites for hydroxylation is 2. The minimum Gasteiger partial charge on any atom is -0.496 e. The Morgan fingerprint density at radius 2 is 2.04 bits per heavy atom. The molecule has 2 aromatic rings. The number of hydrogen-bond donors (Lipinski definition) is 1. The molecule has 5 heteroatoms. The van der Waals surface area contributed by atoms with E-state index >= 15 is 0 Å². The number of hydroxylamine groups is 1. The van der Waals surface area contributed by atoms with E-state index in [2.05, 4.69) is 46.3 Å². The van der Waals surface area contributed by atoms with Crippen LogP contribution < -0.4 is 10.2 Å². The number of halogens is 1. The third kappa shape index (κ3) is 3.40. The molecule has 0 saturated carbocycles. The average molecular weight is 435 g/mol. The number of carbonyl (C=O) groups excluding carboxylic acids is 1. The van der Waals surface area contributed by atoms with Crippen molar-refractivity contribution in [2.45, 2.75) is 19.8 Å². The fourth-order valence-corrected chi connectivity index (χ4v) is 3.38. The molecule has 24 heavy (non-hydrogen) atoms. The van der Waals surface area contributed by atoms with E-state index < -0.39 is 5.97 Å². The van der Waals surface area contributed by atoms with Crippen molar-refractivity contribution < 1.29 is 14.4 Å². The van der Waals surface area contributed by atoms with E-state index in [9.17, 15) is 4.79 Å². The van der Waals surface area contributed by atoms with Gasteiger partial charge in [0.05, 0.1) is 18.4 Å². The topological polar surface area (TPSA) is 47.6 Å². The molecular formula is C19H18INO3. The summed E-state index contributed by atoms with van der Waals surface area (Å²) < 4.78 is 6.25. The van der Waals surface area contributed by atoms with Crippen LogP contribution in [0.25, 0.3) is 5.70 Å². The summed E-state index contributed by atoms with van der Waals surface area (Å²) in [6.45, 7) is 2.00. The lowest BCUT2D eigenvalue weighted by atomic mass is 9.93. The summed E-state index contributed by atoms with van der Waals surface area (Å²) in [6, 6.07) is 11.5. The molecule has 0 radical (unpaired) electrons. The number of rotatable bonds is 4. The van der Waals surface area contributed by atoms with Crippen molar-refractivity contribution in [2.75, 3.05) is 7.11 Å². The minimum absolute atomic E-state index is 0.391. The number of nitrogens with one attached hydrogen (secondary N) is 1. The van der Waals surface area contributed by atoms with Gasteiger partial charge in [0.15, 0.2) is 0 Å². The number of benzene rings is 2. The molecule has 1 aliphatic carbocycles. The maximum absolute atomic E-state index is 12.3. The number of carbonyl (C=O) groups is 1. The summed E-state index contributed by atoms with van der Waals surface area (Å²) in [5.74, 6) is 0.490. The van der Waals surface area contributed by atoms with Gasteiger partial charge in [-0.05, 0) is 77.7 Å². The van der Waals surface area contributed by atoms with Gasteiger partial charge in [-0.25, -0.2) is 10.3 Å². The van der Waals surface area contributed by atoms with E-state index in [-0.39, 0.29) is 0 Å². The molecule has 4 nitrogen and oxygen atoms in total.